The standard InChI is InChI=1S/C49H63N11O7/c1-27-22-38(33-11-10-32(26-36(33)54)49(4,5)6)56-28(2)42(27)46(63)58-37(14-15-50)48(65)60(7)43-31-9-13-41(67-21-18-53)35(25-31)34-23-30(8-12-40(34)66-20-17-52)24-39(45(62)55-19-16-51)59-44(61)29(3)57-47(43)64/h8-13,22-23,25-26,29,37,39,43H,14-15,17-21,24,50,52-54H2,1-7H3,(H,55,62)(H,57,64)(H,58,63)(H,59,61)/t29-,37?,39-,43-/m0/s1. The molecular formula is C49H63N11O7. The summed E-state index contributed by atoms with van der Waals surface area (Å²) in [4.78, 5) is 76.6. The van der Waals surface area contributed by atoms with Crippen LogP contribution >= 0.6 is 0 Å². The van der Waals surface area contributed by atoms with Crippen LogP contribution in [0.2, 0.25) is 0 Å². The Balaban J connectivity index is 1.58. The maximum absolute atomic E-state index is 14.8. The third-order valence-corrected chi connectivity index (χ3v) is 11.4. The van der Waals surface area contributed by atoms with Crippen LogP contribution in [-0.2, 0) is 31.0 Å². The van der Waals surface area contributed by atoms with E-state index in [-0.39, 0.29) is 63.2 Å². The number of ether oxygens (including phenoxy) is 2. The van der Waals surface area contributed by atoms with E-state index < -0.39 is 53.7 Å². The highest BCUT2D eigenvalue weighted by Crippen LogP contribution is 2.40. The topological polar surface area (TPSA) is 296 Å². The van der Waals surface area contributed by atoms with Crippen molar-refractivity contribution in [3.8, 4) is 40.0 Å². The number of amides is 5. The zero-order chi connectivity index (χ0) is 49.2. The molecule has 1 unspecified atom stereocenters. The average Bonchev–Trinajstić information content (AvgIpc) is 3.28. The van der Waals surface area contributed by atoms with E-state index in [1.54, 1.807) is 56.3 Å². The van der Waals surface area contributed by atoms with Crippen LogP contribution < -0.4 is 53.7 Å². The second kappa shape index (κ2) is 22.4. The van der Waals surface area contributed by atoms with E-state index >= 15 is 0 Å². The number of aromatic nitrogens is 1. The molecule has 0 aliphatic carbocycles. The number of aryl methyl sites for hydroxylation is 2. The fraction of sp³-hybridized carbons (Fsp3) is 0.408. The van der Waals surface area contributed by atoms with Crippen molar-refractivity contribution < 1.29 is 33.4 Å². The highest BCUT2D eigenvalue weighted by Gasteiger charge is 2.36. The maximum Gasteiger partial charge on any atom is 0.254 e. The Labute approximate surface area is 391 Å². The minimum atomic E-state index is -1.41. The molecule has 67 heavy (non-hydrogen) atoms. The first-order valence-electron chi connectivity index (χ1n) is 22.2. The van der Waals surface area contributed by atoms with Crippen LogP contribution in [0, 0.1) is 25.2 Å². The molecule has 12 N–H and O–H groups in total. The molecule has 5 amide bonds. The summed E-state index contributed by atoms with van der Waals surface area (Å²) in [5.74, 6) is -2.54. The molecule has 18 nitrogen and oxygen atoms in total. The Hall–Kier alpha value is -7.07. The molecule has 0 saturated heterocycles. The van der Waals surface area contributed by atoms with E-state index in [2.05, 4.69) is 42.0 Å². The van der Waals surface area contributed by atoms with Crippen LogP contribution in [0.1, 0.15) is 78.5 Å². The van der Waals surface area contributed by atoms with Gasteiger partial charge in [0.15, 0.2) is 0 Å². The van der Waals surface area contributed by atoms with Crippen molar-refractivity contribution >= 4 is 35.2 Å². The molecular weight excluding hydrogens is 855 g/mol. The third kappa shape index (κ3) is 12.2. The molecule has 4 aromatic rings. The lowest BCUT2D eigenvalue weighted by atomic mass is 9.86. The summed E-state index contributed by atoms with van der Waals surface area (Å²) in [6.07, 6.45) is 0.00328. The monoisotopic (exact) mass is 917 g/mol. The summed E-state index contributed by atoms with van der Waals surface area (Å²) in [6.45, 7) is 11.6. The largest absolute Gasteiger partial charge is 0.492 e. The number of nitriles is 1. The van der Waals surface area contributed by atoms with Gasteiger partial charge in [-0.1, -0.05) is 45.0 Å². The van der Waals surface area contributed by atoms with Crippen LogP contribution in [0.15, 0.2) is 60.7 Å². The number of rotatable bonds is 15. The maximum atomic E-state index is 14.8. The predicted molar refractivity (Wildman–Crippen MR) is 256 cm³/mol. The SMILES string of the molecule is Cc1cc(-c2ccc(C(C)(C)C)cc2N)nc(C)c1C(=O)NC(CCN)C(=O)N(C)[C@@H]1C(=O)N[C@@H](C)C(=O)N[C@H](C(=O)NCC#N)Cc2ccc(OCCN)c(c2)-c2cc1ccc2OCCN. The molecule has 0 radical (unpaired) electrons. The van der Waals surface area contributed by atoms with Crippen LogP contribution in [0.25, 0.3) is 22.4 Å². The lowest BCUT2D eigenvalue weighted by molar-refractivity contribution is -0.141. The molecule has 1 aliphatic rings. The number of nitrogens with one attached hydrogen (secondary N) is 4. The number of likely N-dealkylation sites (N-methyl/N-ethyl adjacent to an activating group) is 1. The number of benzene rings is 3. The molecule has 4 bridgehead atoms. The summed E-state index contributed by atoms with van der Waals surface area (Å²) in [6, 6.07) is 14.7. The lowest BCUT2D eigenvalue weighted by Gasteiger charge is -2.32. The molecule has 5 rings (SSSR count). The van der Waals surface area contributed by atoms with Gasteiger partial charge in [-0.15, -0.1) is 0 Å². The number of pyridine rings is 1. The third-order valence-electron chi connectivity index (χ3n) is 11.4. The first-order chi connectivity index (χ1) is 31.8. The number of nitrogens with two attached hydrogens (primary N) is 4. The predicted octanol–water partition coefficient (Wildman–Crippen LogP) is 2.42. The Bertz CT molecular complexity index is 2510. The van der Waals surface area contributed by atoms with Gasteiger partial charge in [-0.25, -0.2) is 0 Å². The fourth-order valence-electron chi connectivity index (χ4n) is 7.94. The highest BCUT2D eigenvalue weighted by atomic mass is 16.5. The van der Waals surface area contributed by atoms with Crippen LogP contribution in [-0.4, -0.2) is 104 Å². The van der Waals surface area contributed by atoms with Crippen LogP contribution in [0.5, 0.6) is 11.5 Å². The Kier molecular flexibility index (Phi) is 17.0. The van der Waals surface area contributed by atoms with Crippen LogP contribution in [0.3, 0.4) is 0 Å². The molecule has 356 valence electrons. The van der Waals surface area contributed by atoms with Crippen molar-refractivity contribution in [2.75, 3.05) is 52.2 Å². The number of nitrogen functional groups attached to an aromatic ring is 1. The lowest BCUT2D eigenvalue weighted by Crippen LogP contribution is -2.56. The Morgan fingerprint density at radius 3 is 2.15 bits per heavy atom. The zero-order valence-electron chi connectivity index (χ0n) is 39.2. The number of anilines is 1. The molecule has 1 aliphatic heterocycles. The highest BCUT2D eigenvalue weighted by molar-refractivity contribution is 6.01. The van der Waals surface area contributed by atoms with E-state index in [0.717, 1.165) is 5.56 Å². The van der Waals surface area contributed by atoms with Crippen molar-refractivity contribution in [3.05, 3.63) is 94.2 Å². The second-order valence-corrected chi connectivity index (χ2v) is 17.5. The number of hydrogen-bond donors (Lipinski definition) is 8. The van der Waals surface area contributed by atoms with Crippen molar-refractivity contribution in [3.63, 3.8) is 0 Å². The van der Waals surface area contributed by atoms with Crippen molar-refractivity contribution in [2.45, 2.75) is 84.0 Å². The minimum Gasteiger partial charge on any atom is -0.492 e. The minimum absolute atomic E-state index is 0.0000281. The summed E-state index contributed by atoms with van der Waals surface area (Å²) in [7, 11) is 1.42. The van der Waals surface area contributed by atoms with Gasteiger partial charge in [0, 0.05) is 48.9 Å². The van der Waals surface area contributed by atoms with Gasteiger partial charge in [-0.05, 0) is 97.8 Å². The first-order valence-corrected chi connectivity index (χ1v) is 22.2. The molecule has 2 heterocycles. The smallest absolute Gasteiger partial charge is 0.254 e. The number of carbonyl (C=O) groups excluding carboxylic acids is 5. The molecule has 0 fully saturated rings. The summed E-state index contributed by atoms with van der Waals surface area (Å²) in [5, 5.41) is 20.0. The van der Waals surface area contributed by atoms with E-state index in [1.807, 2.05) is 24.3 Å². The van der Waals surface area contributed by atoms with Gasteiger partial charge in [0.05, 0.1) is 23.0 Å². The van der Waals surface area contributed by atoms with E-state index in [1.165, 1.54) is 18.9 Å². The molecule has 4 atom stereocenters. The molecule has 18 heteroatoms. The Morgan fingerprint density at radius 2 is 1.55 bits per heavy atom. The van der Waals surface area contributed by atoms with Gasteiger partial charge < -0.3 is 58.6 Å². The molecule has 0 spiro atoms. The molecule has 3 aromatic carbocycles. The molecule has 1 aromatic heterocycles. The van der Waals surface area contributed by atoms with Gasteiger partial charge in [-0.2, -0.15) is 5.26 Å². The average molecular weight is 918 g/mol. The first kappa shape index (κ1) is 50.9. The normalized spacial score (nSPS) is 16.6. The number of fused-ring (bicyclic) bond motifs is 5. The van der Waals surface area contributed by atoms with Crippen molar-refractivity contribution in [2.24, 2.45) is 17.2 Å². The second-order valence-electron chi connectivity index (χ2n) is 17.5. The van der Waals surface area contributed by atoms with E-state index in [4.69, 9.17) is 37.4 Å². The van der Waals surface area contributed by atoms with E-state index in [0.29, 0.717) is 62.0 Å². The van der Waals surface area contributed by atoms with Gasteiger partial charge in [0.25, 0.3) is 5.91 Å². The van der Waals surface area contributed by atoms with Crippen molar-refractivity contribution in [1.29, 1.82) is 5.26 Å². The van der Waals surface area contributed by atoms with Gasteiger partial charge in [0.1, 0.15) is 55.4 Å². The number of nitrogens with zero attached hydrogens (tertiary/aromatic N) is 3. The Morgan fingerprint density at radius 1 is 0.896 bits per heavy atom. The van der Waals surface area contributed by atoms with E-state index in [9.17, 15) is 29.2 Å². The van der Waals surface area contributed by atoms with Crippen LogP contribution in [0.4, 0.5) is 5.69 Å². The van der Waals surface area contributed by atoms with Gasteiger partial charge >= 0.3 is 0 Å². The summed E-state index contributed by atoms with van der Waals surface area (Å²) >= 11 is 0. The number of carbonyl (C=O) groups is 5. The number of hydrogen-bond acceptors (Lipinski definition) is 13. The summed E-state index contributed by atoms with van der Waals surface area (Å²) in [5.41, 5.74) is 30.2. The molecule has 0 saturated carbocycles. The fourth-order valence-corrected chi connectivity index (χ4v) is 7.94. The summed E-state index contributed by atoms with van der Waals surface area (Å²) < 4.78 is 12.2. The van der Waals surface area contributed by atoms with Gasteiger partial charge in [-0.3, -0.25) is 29.0 Å². The quantitative estimate of drug-likeness (QED) is 0.0629. The van der Waals surface area contributed by atoms with Gasteiger partial charge in [0.2, 0.25) is 23.6 Å². The zero-order valence-corrected chi connectivity index (χ0v) is 39.2. The van der Waals surface area contributed by atoms with Crippen molar-refractivity contribution in [1.82, 2.24) is 31.2 Å².